The standard InChI is InChI=1S/C11H14N2O3S/c1-2-9-13-6(5-17-9)4-12-10(14)7-3-8(7)11(15)16/h5,7-8H,2-4H2,1H3,(H,12,14)(H,15,16)/t7-,8+/m1/s1. The van der Waals surface area contributed by atoms with Gasteiger partial charge in [0.25, 0.3) is 0 Å². The van der Waals surface area contributed by atoms with Crippen LogP contribution in [0, 0.1) is 11.8 Å². The van der Waals surface area contributed by atoms with Crippen molar-refractivity contribution in [2.24, 2.45) is 11.8 Å². The van der Waals surface area contributed by atoms with E-state index in [2.05, 4.69) is 10.3 Å². The van der Waals surface area contributed by atoms with Gasteiger partial charge in [-0.25, -0.2) is 4.98 Å². The number of carbonyl (C=O) groups is 2. The summed E-state index contributed by atoms with van der Waals surface area (Å²) in [7, 11) is 0. The maximum Gasteiger partial charge on any atom is 0.307 e. The Balaban J connectivity index is 1.79. The number of carbonyl (C=O) groups excluding carboxylic acids is 1. The number of amides is 1. The zero-order chi connectivity index (χ0) is 12.4. The second-order valence-corrected chi connectivity index (χ2v) is 5.03. The number of thiazole rings is 1. The lowest BCUT2D eigenvalue weighted by atomic mass is 10.3. The molecule has 5 nitrogen and oxygen atoms in total. The van der Waals surface area contributed by atoms with E-state index in [0.29, 0.717) is 13.0 Å². The van der Waals surface area contributed by atoms with Gasteiger partial charge in [-0.05, 0) is 12.8 Å². The van der Waals surface area contributed by atoms with Crippen molar-refractivity contribution in [2.75, 3.05) is 0 Å². The molecule has 1 amide bonds. The van der Waals surface area contributed by atoms with E-state index in [9.17, 15) is 9.59 Å². The van der Waals surface area contributed by atoms with Crippen molar-refractivity contribution in [3.63, 3.8) is 0 Å². The van der Waals surface area contributed by atoms with E-state index in [1.807, 2.05) is 12.3 Å². The molecule has 0 radical (unpaired) electrons. The summed E-state index contributed by atoms with van der Waals surface area (Å²) in [6.07, 6.45) is 1.35. The fourth-order valence-corrected chi connectivity index (χ4v) is 2.40. The predicted octanol–water partition coefficient (Wildman–Crippen LogP) is 1.04. The summed E-state index contributed by atoms with van der Waals surface area (Å²) in [5.74, 6) is -1.90. The summed E-state index contributed by atoms with van der Waals surface area (Å²) >= 11 is 1.57. The molecule has 1 aromatic rings. The number of aryl methyl sites for hydroxylation is 1. The Labute approximate surface area is 103 Å². The summed E-state index contributed by atoms with van der Waals surface area (Å²) in [6.45, 7) is 2.42. The lowest BCUT2D eigenvalue weighted by Gasteiger charge is -2.01. The highest BCUT2D eigenvalue weighted by Crippen LogP contribution is 2.38. The van der Waals surface area contributed by atoms with Crippen LogP contribution in [0.5, 0.6) is 0 Å². The van der Waals surface area contributed by atoms with Crippen molar-refractivity contribution >= 4 is 23.2 Å². The molecule has 1 aliphatic carbocycles. The average molecular weight is 254 g/mol. The van der Waals surface area contributed by atoms with Gasteiger partial charge in [-0.3, -0.25) is 9.59 Å². The molecule has 1 saturated carbocycles. The summed E-state index contributed by atoms with van der Waals surface area (Å²) in [6, 6.07) is 0. The highest BCUT2D eigenvalue weighted by Gasteiger charge is 2.48. The van der Waals surface area contributed by atoms with Gasteiger partial charge >= 0.3 is 5.97 Å². The fourth-order valence-electron chi connectivity index (χ4n) is 1.66. The van der Waals surface area contributed by atoms with Crippen LogP contribution in [-0.4, -0.2) is 22.0 Å². The van der Waals surface area contributed by atoms with Crippen LogP contribution in [0.25, 0.3) is 0 Å². The number of aliphatic carboxylic acids is 1. The molecular formula is C11H14N2O3S. The number of nitrogens with zero attached hydrogens (tertiary/aromatic N) is 1. The van der Waals surface area contributed by atoms with Crippen molar-refractivity contribution in [3.8, 4) is 0 Å². The summed E-state index contributed by atoms with van der Waals surface area (Å²) in [5, 5.41) is 14.4. The maximum atomic E-state index is 11.6. The highest BCUT2D eigenvalue weighted by molar-refractivity contribution is 7.09. The fraction of sp³-hybridized carbons (Fsp3) is 0.545. The van der Waals surface area contributed by atoms with Crippen molar-refractivity contribution < 1.29 is 14.7 Å². The molecule has 0 unspecified atom stereocenters. The van der Waals surface area contributed by atoms with Crippen LogP contribution >= 0.6 is 11.3 Å². The van der Waals surface area contributed by atoms with Gasteiger partial charge in [0.2, 0.25) is 5.91 Å². The molecule has 1 fully saturated rings. The third-order valence-corrected chi connectivity index (χ3v) is 3.83. The molecule has 0 aromatic carbocycles. The minimum atomic E-state index is -0.882. The van der Waals surface area contributed by atoms with E-state index in [1.54, 1.807) is 11.3 Å². The predicted molar refractivity (Wildman–Crippen MR) is 62.6 cm³/mol. The smallest absolute Gasteiger partial charge is 0.307 e. The Morgan fingerprint density at radius 1 is 1.59 bits per heavy atom. The summed E-state index contributed by atoms with van der Waals surface area (Å²) < 4.78 is 0. The first-order valence-corrected chi connectivity index (χ1v) is 6.43. The van der Waals surface area contributed by atoms with Gasteiger partial charge in [-0.2, -0.15) is 0 Å². The van der Waals surface area contributed by atoms with Crippen LogP contribution < -0.4 is 5.32 Å². The normalized spacial score (nSPS) is 22.2. The summed E-state index contributed by atoms with van der Waals surface area (Å²) in [5.41, 5.74) is 0.840. The topological polar surface area (TPSA) is 79.3 Å². The van der Waals surface area contributed by atoms with Crippen molar-refractivity contribution in [3.05, 3.63) is 16.1 Å². The molecule has 92 valence electrons. The SMILES string of the molecule is CCc1nc(CNC(=O)[C@@H]2C[C@@H]2C(=O)O)cs1. The number of hydrogen-bond donors (Lipinski definition) is 2. The molecule has 1 heterocycles. The largest absolute Gasteiger partial charge is 0.481 e. The Morgan fingerprint density at radius 3 is 2.88 bits per heavy atom. The summed E-state index contributed by atoms with van der Waals surface area (Å²) in [4.78, 5) is 26.5. The lowest BCUT2D eigenvalue weighted by molar-refractivity contribution is -0.140. The lowest BCUT2D eigenvalue weighted by Crippen LogP contribution is -2.26. The van der Waals surface area contributed by atoms with Gasteiger partial charge in [0.05, 0.1) is 29.1 Å². The zero-order valence-corrected chi connectivity index (χ0v) is 10.3. The van der Waals surface area contributed by atoms with Gasteiger partial charge in [-0.1, -0.05) is 6.92 Å². The van der Waals surface area contributed by atoms with E-state index in [0.717, 1.165) is 17.1 Å². The monoisotopic (exact) mass is 254 g/mol. The van der Waals surface area contributed by atoms with Gasteiger partial charge in [0.15, 0.2) is 0 Å². The molecule has 1 aliphatic rings. The number of rotatable bonds is 5. The first-order valence-electron chi connectivity index (χ1n) is 5.55. The molecule has 0 aliphatic heterocycles. The number of hydrogen-bond acceptors (Lipinski definition) is 4. The van der Waals surface area contributed by atoms with Crippen LogP contribution in [0.3, 0.4) is 0 Å². The van der Waals surface area contributed by atoms with E-state index in [-0.39, 0.29) is 11.8 Å². The van der Waals surface area contributed by atoms with Crippen molar-refractivity contribution in [2.45, 2.75) is 26.3 Å². The van der Waals surface area contributed by atoms with E-state index >= 15 is 0 Å². The third kappa shape index (κ3) is 2.82. The Hall–Kier alpha value is -1.43. The molecule has 1 aromatic heterocycles. The third-order valence-electron chi connectivity index (χ3n) is 2.79. The molecular weight excluding hydrogens is 240 g/mol. The molecule has 6 heteroatoms. The molecule has 2 N–H and O–H groups in total. The molecule has 2 rings (SSSR count). The van der Waals surface area contributed by atoms with Crippen LogP contribution in [0.4, 0.5) is 0 Å². The molecule has 17 heavy (non-hydrogen) atoms. The average Bonchev–Trinajstić information content (AvgIpc) is 2.99. The number of carboxylic acids is 1. The minimum absolute atomic E-state index is 0.177. The number of carboxylic acid groups (broad SMARTS) is 1. The van der Waals surface area contributed by atoms with Crippen LogP contribution in [-0.2, 0) is 22.6 Å². The Morgan fingerprint density at radius 2 is 2.35 bits per heavy atom. The Kier molecular flexibility index (Phi) is 3.42. The van der Waals surface area contributed by atoms with E-state index < -0.39 is 11.9 Å². The molecule has 0 spiro atoms. The first kappa shape index (κ1) is 12.0. The second kappa shape index (κ2) is 4.83. The van der Waals surface area contributed by atoms with Gasteiger partial charge in [0, 0.05) is 5.38 Å². The van der Waals surface area contributed by atoms with Gasteiger partial charge in [-0.15, -0.1) is 11.3 Å². The molecule has 0 saturated heterocycles. The zero-order valence-electron chi connectivity index (χ0n) is 9.47. The molecule has 0 bridgehead atoms. The second-order valence-electron chi connectivity index (χ2n) is 4.09. The number of aromatic nitrogens is 1. The van der Waals surface area contributed by atoms with Crippen LogP contribution in [0.2, 0.25) is 0 Å². The van der Waals surface area contributed by atoms with Crippen LogP contribution in [0.15, 0.2) is 5.38 Å². The molecule has 2 atom stereocenters. The van der Waals surface area contributed by atoms with Gasteiger partial charge < -0.3 is 10.4 Å². The van der Waals surface area contributed by atoms with Crippen molar-refractivity contribution in [1.29, 1.82) is 0 Å². The number of nitrogens with one attached hydrogen (secondary N) is 1. The maximum absolute atomic E-state index is 11.6. The quantitative estimate of drug-likeness (QED) is 0.823. The highest BCUT2D eigenvalue weighted by atomic mass is 32.1. The van der Waals surface area contributed by atoms with Crippen LogP contribution in [0.1, 0.15) is 24.0 Å². The first-order chi connectivity index (χ1) is 8.11. The van der Waals surface area contributed by atoms with E-state index in [4.69, 9.17) is 5.11 Å². The van der Waals surface area contributed by atoms with Gasteiger partial charge in [0.1, 0.15) is 0 Å². The van der Waals surface area contributed by atoms with E-state index in [1.165, 1.54) is 0 Å². The van der Waals surface area contributed by atoms with Crippen molar-refractivity contribution in [1.82, 2.24) is 10.3 Å². The Bertz CT molecular complexity index is 444. The minimum Gasteiger partial charge on any atom is -0.481 e.